The number of hydrogen-bond donors (Lipinski definition) is 1. The lowest BCUT2D eigenvalue weighted by atomic mass is 10.3. The van der Waals surface area contributed by atoms with Crippen LogP contribution in [0.4, 0.5) is 0 Å². The molecule has 3 heterocycles. The van der Waals surface area contributed by atoms with Crippen molar-refractivity contribution in [3.63, 3.8) is 0 Å². The smallest absolute Gasteiger partial charge is 0.317 e. The molecule has 21 heavy (non-hydrogen) atoms. The predicted octanol–water partition coefficient (Wildman–Crippen LogP) is 0.322. The summed E-state index contributed by atoms with van der Waals surface area (Å²) in [6.45, 7) is 4.38. The quantitative estimate of drug-likeness (QED) is 0.874. The van der Waals surface area contributed by atoms with E-state index in [2.05, 4.69) is 14.9 Å². The molecule has 7 heteroatoms. The summed E-state index contributed by atoms with van der Waals surface area (Å²) in [7, 11) is 0. The normalized spacial score (nSPS) is 17.9. The summed E-state index contributed by atoms with van der Waals surface area (Å²) in [5, 5.41) is 8.86. The van der Waals surface area contributed by atoms with Crippen LogP contribution in [0, 0.1) is 0 Å². The lowest BCUT2D eigenvalue weighted by Gasteiger charge is -2.19. The minimum atomic E-state index is -0.755. The van der Waals surface area contributed by atoms with Gasteiger partial charge in [-0.1, -0.05) is 0 Å². The van der Waals surface area contributed by atoms with Crippen molar-refractivity contribution in [2.45, 2.75) is 13.0 Å². The zero-order chi connectivity index (χ0) is 14.7. The highest BCUT2D eigenvalue weighted by molar-refractivity contribution is 5.69. The average Bonchev–Trinajstić information content (AvgIpc) is 2.73. The van der Waals surface area contributed by atoms with E-state index in [4.69, 9.17) is 5.11 Å². The van der Waals surface area contributed by atoms with Gasteiger partial charge in [0.25, 0.3) is 0 Å². The first-order chi connectivity index (χ1) is 10.2. The van der Waals surface area contributed by atoms with Crippen LogP contribution in [-0.2, 0) is 11.3 Å². The van der Waals surface area contributed by atoms with E-state index in [-0.39, 0.29) is 6.54 Å². The van der Waals surface area contributed by atoms with Gasteiger partial charge >= 0.3 is 5.97 Å². The molecule has 1 fully saturated rings. The maximum atomic E-state index is 10.8. The van der Waals surface area contributed by atoms with E-state index in [1.54, 1.807) is 6.20 Å². The number of imidazole rings is 1. The topological polar surface area (TPSA) is 74.0 Å². The van der Waals surface area contributed by atoms with Gasteiger partial charge < -0.3 is 5.11 Å². The van der Waals surface area contributed by atoms with Gasteiger partial charge in [-0.15, -0.1) is 0 Å². The van der Waals surface area contributed by atoms with E-state index in [0.717, 1.165) is 50.6 Å². The van der Waals surface area contributed by atoms with Gasteiger partial charge in [-0.3, -0.25) is 19.0 Å². The summed E-state index contributed by atoms with van der Waals surface area (Å²) < 4.78 is 1.92. The van der Waals surface area contributed by atoms with Crippen molar-refractivity contribution in [3.05, 3.63) is 30.4 Å². The highest BCUT2D eigenvalue weighted by atomic mass is 16.4. The minimum absolute atomic E-state index is 0.131. The van der Waals surface area contributed by atoms with E-state index in [1.165, 1.54) is 0 Å². The minimum Gasteiger partial charge on any atom is -0.480 e. The highest BCUT2D eigenvalue weighted by Gasteiger charge is 2.17. The molecule has 0 bridgehead atoms. The van der Waals surface area contributed by atoms with Crippen LogP contribution >= 0.6 is 0 Å². The summed E-state index contributed by atoms with van der Waals surface area (Å²) in [6, 6.07) is 1.88. The van der Waals surface area contributed by atoms with Gasteiger partial charge in [-0.05, 0) is 19.0 Å². The number of nitrogens with zero attached hydrogens (tertiary/aromatic N) is 5. The second kappa shape index (κ2) is 6.19. The third kappa shape index (κ3) is 3.56. The van der Waals surface area contributed by atoms with E-state index >= 15 is 0 Å². The Morgan fingerprint density at radius 1 is 1.24 bits per heavy atom. The predicted molar refractivity (Wildman–Crippen MR) is 77.0 cm³/mol. The number of rotatable bonds is 4. The first kappa shape index (κ1) is 14.0. The molecule has 112 valence electrons. The largest absolute Gasteiger partial charge is 0.480 e. The molecule has 0 unspecified atom stereocenters. The van der Waals surface area contributed by atoms with E-state index in [1.807, 2.05) is 27.8 Å². The summed E-state index contributed by atoms with van der Waals surface area (Å²) in [4.78, 5) is 23.8. The zero-order valence-electron chi connectivity index (χ0n) is 11.9. The van der Waals surface area contributed by atoms with E-state index < -0.39 is 5.97 Å². The number of carboxylic acids is 1. The standard InChI is InChI=1S/C14H19N5O2/c20-13(21)11-18-5-2-4-17(7-8-18)9-12-10-19-6-1-3-15-14(19)16-12/h1,3,6,10H,2,4-5,7-9,11H2,(H,20,21). The number of aliphatic carboxylic acids is 1. The first-order valence-corrected chi connectivity index (χ1v) is 7.16. The number of carboxylic acid groups (broad SMARTS) is 1. The van der Waals surface area contributed by atoms with Crippen LogP contribution in [0.15, 0.2) is 24.7 Å². The monoisotopic (exact) mass is 289 g/mol. The number of carbonyl (C=O) groups is 1. The SMILES string of the molecule is O=C(O)CN1CCCN(Cc2cn3cccnc3n2)CC1. The van der Waals surface area contributed by atoms with Crippen molar-refractivity contribution >= 4 is 11.7 Å². The summed E-state index contributed by atoms with van der Waals surface area (Å²) >= 11 is 0. The van der Waals surface area contributed by atoms with Crippen molar-refractivity contribution in [2.24, 2.45) is 0 Å². The molecule has 1 saturated heterocycles. The van der Waals surface area contributed by atoms with Crippen molar-refractivity contribution in [3.8, 4) is 0 Å². The van der Waals surface area contributed by atoms with Crippen molar-refractivity contribution in [1.29, 1.82) is 0 Å². The van der Waals surface area contributed by atoms with Crippen LogP contribution < -0.4 is 0 Å². The Morgan fingerprint density at radius 3 is 2.86 bits per heavy atom. The summed E-state index contributed by atoms with van der Waals surface area (Å²) in [5.74, 6) is -0.0373. The second-order valence-corrected chi connectivity index (χ2v) is 5.36. The van der Waals surface area contributed by atoms with Gasteiger partial charge in [0.15, 0.2) is 0 Å². The van der Waals surface area contributed by atoms with Gasteiger partial charge in [0.2, 0.25) is 5.78 Å². The fourth-order valence-corrected chi connectivity index (χ4v) is 2.72. The van der Waals surface area contributed by atoms with Crippen LogP contribution in [0.1, 0.15) is 12.1 Å². The molecule has 0 spiro atoms. The Kier molecular flexibility index (Phi) is 4.12. The molecule has 1 aliphatic heterocycles. The molecule has 0 aliphatic carbocycles. The van der Waals surface area contributed by atoms with Crippen LogP contribution in [0.2, 0.25) is 0 Å². The van der Waals surface area contributed by atoms with Crippen molar-refractivity contribution in [2.75, 3.05) is 32.7 Å². The first-order valence-electron chi connectivity index (χ1n) is 7.16. The number of aromatic nitrogens is 3. The van der Waals surface area contributed by atoms with Crippen LogP contribution in [-0.4, -0.2) is 68.0 Å². The maximum Gasteiger partial charge on any atom is 0.317 e. The molecule has 3 rings (SSSR count). The molecular formula is C14H19N5O2. The Morgan fingerprint density at radius 2 is 2.05 bits per heavy atom. The van der Waals surface area contributed by atoms with E-state index in [0.29, 0.717) is 0 Å². The fraction of sp³-hybridized carbons (Fsp3) is 0.500. The highest BCUT2D eigenvalue weighted by Crippen LogP contribution is 2.09. The van der Waals surface area contributed by atoms with Gasteiger partial charge in [-0.25, -0.2) is 9.97 Å². The van der Waals surface area contributed by atoms with Crippen LogP contribution in [0.25, 0.3) is 5.78 Å². The fourth-order valence-electron chi connectivity index (χ4n) is 2.72. The molecule has 0 saturated carbocycles. The summed E-state index contributed by atoms with van der Waals surface area (Å²) in [6.07, 6.45) is 6.67. The third-order valence-electron chi connectivity index (χ3n) is 3.71. The van der Waals surface area contributed by atoms with Gasteiger partial charge in [-0.2, -0.15) is 0 Å². The Labute approximate surface area is 122 Å². The van der Waals surface area contributed by atoms with E-state index in [9.17, 15) is 4.79 Å². The van der Waals surface area contributed by atoms with Crippen LogP contribution in [0.5, 0.6) is 0 Å². The Balaban J connectivity index is 1.61. The molecule has 2 aromatic heterocycles. The molecule has 1 aliphatic rings. The molecule has 0 amide bonds. The van der Waals surface area contributed by atoms with Crippen molar-refractivity contribution in [1.82, 2.24) is 24.2 Å². The molecule has 0 atom stereocenters. The molecule has 0 radical (unpaired) electrons. The zero-order valence-corrected chi connectivity index (χ0v) is 11.9. The second-order valence-electron chi connectivity index (χ2n) is 5.36. The van der Waals surface area contributed by atoms with Crippen molar-refractivity contribution < 1.29 is 9.90 Å². The lowest BCUT2D eigenvalue weighted by molar-refractivity contribution is -0.138. The summed E-state index contributed by atoms with van der Waals surface area (Å²) in [5.41, 5.74) is 1.00. The molecule has 1 N–H and O–H groups in total. The van der Waals surface area contributed by atoms with Crippen LogP contribution in [0.3, 0.4) is 0 Å². The number of fused-ring (bicyclic) bond motifs is 1. The van der Waals surface area contributed by atoms with Gasteiger partial charge in [0, 0.05) is 44.8 Å². The lowest BCUT2D eigenvalue weighted by Crippen LogP contribution is -2.34. The maximum absolute atomic E-state index is 10.8. The Bertz CT molecular complexity index is 594. The molecule has 2 aromatic rings. The average molecular weight is 289 g/mol. The molecular weight excluding hydrogens is 270 g/mol. The van der Waals surface area contributed by atoms with Gasteiger partial charge in [0.1, 0.15) is 0 Å². The number of hydrogen-bond acceptors (Lipinski definition) is 5. The Hall–Kier alpha value is -1.99. The van der Waals surface area contributed by atoms with Gasteiger partial charge in [0.05, 0.1) is 12.2 Å². The third-order valence-corrected chi connectivity index (χ3v) is 3.71. The molecule has 7 nitrogen and oxygen atoms in total. The molecule has 0 aromatic carbocycles.